The van der Waals surface area contributed by atoms with Crippen LogP contribution in [0.3, 0.4) is 0 Å². The molecule has 0 atom stereocenters. The Labute approximate surface area is 120 Å². The molecule has 1 heterocycles. The van der Waals surface area contributed by atoms with Crippen LogP contribution in [0, 0.1) is 0 Å². The van der Waals surface area contributed by atoms with Crippen molar-refractivity contribution in [2.45, 2.75) is 11.1 Å². The van der Waals surface area contributed by atoms with E-state index in [1.165, 1.54) is 6.20 Å². The highest BCUT2D eigenvalue weighted by Gasteiger charge is 2.17. The summed E-state index contributed by atoms with van der Waals surface area (Å²) in [5.41, 5.74) is 0.426. The third-order valence-electron chi connectivity index (χ3n) is 2.12. The second kappa shape index (κ2) is 5.77. The van der Waals surface area contributed by atoms with Crippen molar-refractivity contribution in [2.24, 2.45) is 0 Å². The van der Waals surface area contributed by atoms with E-state index in [0.29, 0.717) is 18.0 Å². The Kier molecular flexibility index (Phi) is 4.28. The van der Waals surface area contributed by atoms with Gasteiger partial charge in [-0.05, 0) is 19.1 Å². The second-order valence-corrected chi connectivity index (χ2v) is 7.02. The number of nitrogens with zero attached hydrogens (tertiary/aromatic N) is 1. The van der Waals surface area contributed by atoms with Gasteiger partial charge in [-0.3, -0.25) is 4.72 Å². The van der Waals surface area contributed by atoms with Crippen molar-refractivity contribution in [1.82, 2.24) is 4.98 Å². The molecule has 0 saturated carbocycles. The highest BCUT2D eigenvalue weighted by molar-refractivity contribution is 7.94. The summed E-state index contributed by atoms with van der Waals surface area (Å²) in [7, 11) is -3.66. The first kappa shape index (κ1) is 14.1. The maximum absolute atomic E-state index is 12.0. The van der Waals surface area contributed by atoms with Crippen molar-refractivity contribution in [3.63, 3.8) is 0 Å². The molecule has 2 aromatic rings. The lowest BCUT2D eigenvalue weighted by atomic mass is 10.3. The van der Waals surface area contributed by atoms with E-state index in [4.69, 9.17) is 16.3 Å². The molecule has 1 aromatic carbocycles. The number of ether oxygens (including phenoxy) is 1. The average molecular weight is 319 g/mol. The number of sulfonamides is 1. The van der Waals surface area contributed by atoms with Crippen molar-refractivity contribution >= 4 is 38.6 Å². The molecule has 102 valence electrons. The van der Waals surface area contributed by atoms with Gasteiger partial charge in [-0.25, -0.2) is 13.4 Å². The van der Waals surface area contributed by atoms with Crippen molar-refractivity contribution in [1.29, 1.82) is 0 Å². The van der Waals surface area contributed by atoms with Crippen LogP contribution >= 0.6 is 22.9 Å². The molecule has 0 bridgehead atoms. The zero-order valence-corrected chi connectivity index (χ0v) is 12.3. The molecule has 1 aromatic heterocycles. The Morgan fingerprint density at radius 1 is 1.47 bits per heavy atom. The summed E-state index contributed by atoms with van der Waals surface area (Å²) in [6.07, 6.45) is 1.22. The van der Waals surface area contributed by atoms with Gasteiger partial charge in [0.2, 0.25) is 0 Å². The number of rotatable bonds is 5. The van der Waals surface area contributed by atoms with Gasteiger partial charge in [0.15, 0.2) is 8.68 Å². The standard InChI is InChI=1S/C11H11ClN2O3S2/c1-2-17-9-5-3-4-8(6-9)14-19(15,16)10-7-13-11(12)18-10/h3-7,14H,2H2,1H3. The van der Waals surface area contributed by atoms with Crippen LogP contribution in [-0.4, -0.2) is 20.0 Å². The number of benzene rings is 1. The number of hydrogen-bond acceptors (Lipinski definition) is 5. The summed E-state index contributed by atoms with van der Waals surface area (Å²) in [5, 5.41) is 0. The number of aromatic nitrogens is 1. The molecule has 8 heteroatoms. The normalized spacial score (nSPS) is 11.3. The molecule has 19 heavy (non-hydrogen) atoms. The van der Waals surface area contributed by atoms with Gasteiger partial charge < -0.3 is 4.74 Å². The van der Waals surface area contributed by atoms with Crippen LogP contribution in [0.5, 0.6) is 5.75 Å². The fourth-order valence-corrected chi connectivity index (χ4v) is 3.73. The molecule has 0 aliphatic heterocycles. The summed E-state index contributed by atoms with van der Waals surface area (Å²) in [4.78, 5) is 3.71. The van der Waals surface area contributed by atoms with E-state index in [0.717, 1.165) is 11.3 Å². The van der Waals surface area contributed by atoms with E-state index in [-0.39, 0.29) is 8.68 Å². The van der Waals surface area contributed by atoms with Crippen LogP contribution < -0.4 is 9.46 Å². The van der Waals surface area contributed by atoms with Gasteiger partial charge in [0.1, 0.15) is 5.75 Å². The minimum atomic E-state index is -3.66. The van der Waals surface area contributed by atoms with Crippen molar-refractivity contribution in [3.05, 3.63) is 34.9 Å². The minimum absolute atomic E-state index is 0.0688. The van der Waals surface area contributed by atoms with E-state index in [1.54, 1.807) is 24.3 Å². The Balaban J connectivity index is 2.23. The van der Waals surface area contributed by atoms with E-state index < -0.39 is 10.0 Å². The molecule has 0 unspecified atom stereocenters. The zero-order chi connectivity index (χ0) is 13.9. The molecule has 0 spiro atoms. The molecule has 0 radical (unpaired) electrons. The highest BCUT2D eigenvalue weighted by atomic mass is 35.5. The lowest BCUT2D eigenvalue weighted by molar-refractivity contribution is 0.340. The third kappa shape index (κ3) is 3.59. The van der Waals surface area contributed by atoms with Gasteiger partial charge in [0.05, 0.1) is 18.5 Å². The van der Waals surface area contributed by atoms with Crippen LogP contribution in [0.4, 0.5) is 5.69 Å². The topological polar surface area (TPSA) is 68.3 Å². The first-order valence-electron chi connectivity index (χ1n) is 5.38. The van der Waals surface area contributed by atoms with E-state index >= 15 is 0 Å². The lowest BCUT2D eigenvalue weighted by Gasteiger charge is -2.08. The third-order valence-corrected chi connectivity index (χ3v) is 5.08. The van der Waals surface area contributed by atoms with Gasteiger partial charge in [-0.1, -0.05) is 29.0 Å². The number of nitrogens with one attached hydrogen (secondary N) is 1. The van der Waals surface area contributed by atoms with Crippen LogP contribution in [-0.2, 0) is 10.0 Å². The Morgan fingerprint density at radius 2 is 2.26 bits per heavy atom. The van der Waals surface area contributed by atoms with Gasteiger partial charge in [-0.2, -0.15) is 0 Å². The molecule has 2 rings (SSSR count). The Bertz CT molecular complexity index is 670. The van der Waals surface area contributed by atoms with Gasteiger partial charge in [-0.15, -0.1) is 0 Å². The predicted octanol–water partition coefficient (Wildman–Crippen LogP) is 3.00. The SMILES string of the molecule is CCOc1cccc(NS(=O)(=O)c2cnc(Cl)s2)c1. The van der Waals surface area contributed by atoms with E-state index in [9.17, 15) is 8.42 Å². The van der Waals surface area contributed by atoms with Gasteiger partial charge in [0.25, 0.3) is 10.0 Å². The monoisotopic (exact) mass is 318 g/mol. The Hall–Kier alpha value is -1.31. The number of thiazole rings is 1. The van der Waals surface area contributed by atoms with Crippen molar-refractivity contribution in [3.8, 4) is 5.75 Å². The summed E-state index contributed by atoms with van der Waals surface area (Å²) >= 11 is 6.53. The van der Waals surface area contributed by atoms with Crippen LogP contribution in [0.1, 0.15) is 6.92 Å². The summed E-state index contributed by atoms with van der Waals surface area (Å²) in [6, 6.07) is 6.72. The molecule has 1 N–H and O–H groups in total. The van der Waals surface area contributed by atoms with E-state index in [1.807, 2.05) is 6.92 Å². The molecular weight excluding hydrogens is 308 g/mol. The van der Waals surface area contributed by atoms with Gasteiger partial charge in [0, 0.05) is 6.07 Å². The molecule has 0 aliphatic rings. The van der Waals surface area contributed by atoms with Crippen molar-refractivity contribution < 1.29 is 13.2 Å². The molecule has 5 nitrogen and oxygen atoms in total. The number of anilines is 1. The fraction of sp³-hybridized carbons (Fsp3) is 0.182. The average Bonchev–Trinajstić information content (AvgIpc) is 2.77. The van der Waals surface area contributed by atoms with Crippen LogP contribution in [0.2, 0.25) is 4.47 Å². The maximum Gasteiger partial charge on any atom is 0.273 e. The largest absolute Gasteiger partial charge is 0.494 e. The maximum atomic E-state index is 12.0. The fourth-order valence-electron chi connectivity index (χ4n) is 1.38. The predicted molar refractivity (Wildman–Crippen MR) is 75.5 cm³/mol. The highest BCUT2D eigenvalue weighted by Crippen LogP contribution is 2.25. The molecule has 0 fully saturated rings. The van der Waals surface area contributed by atoms with Crippen LogP contribution in [0.25, 0.3) is 0 Å². The smallest absolute Gasteiger partial charge is 0.273 e. The first-order valence-corrected chi connectivity index (χ1v) is 8.06. The number of hydrogen-bond donors (Lipinski definition) is 1. The second-order valence-electron chi connectivity index (χ2n) is 3.50. The summed E-state index contributed by atoms with van der Waals surface area (Å²) in [6.45, 7) is 2.37. The Morgan fingerprint density at radius 3 is 2.89 bits per heavy atom. The molecule has 0 aliphatic carbocycles. The van der Waals surface area contributed by atoms with Crippen LogP contribution in [0.15, 0.2) is 34.7 Å². The molecular formula is C11H11ClN2O3S2. The van der Waals surface area contributed by atoms with E-state index in [2.05, 4.69) is 9.71 Å². The molecule has 0 amide bonds. The zero-order valence-electron chi connectivity index (χ0n) is 9.96. The number of halogens is 1. The minimum Gasteiger partial charge on any atom is -0.494 e. The van der Waals surface area contributed by atoms with Crippen molar-refractivity contribution in [2.75, 3.05) is 11.3 Å². The lowest BCUT2D eigenvalue weighted by Crippen LogP contribution is -2.11. The molecule has 0 saturated heterocycles. The van der Waals surface area contributed by atoms with Gasteiger partial charge >= 0.3 is 0 Å². The first-order chi connectivity index (χ1) is 9.01. The quantitative estimate of drug-likeness (QED) is 0.920. The summed E-state index contributed by atoms with van der Waals surface area (Å²) in [5.74, 6) is 0.602. The summed E-state index contributed by atoms with van der Waals surface area (Å²) < 4.78 is 32.1.